The van der Waals surface area contributed by atoms with Crippen LogP contribution in [0.2, 0.25) is 0 Å². The van der Waals surface area contributed by atoms with Gasteiger partial charge in [-0.15, -0.1) is 11.8 Å². The topological polar surface area (TPSA) is 86.8 Å². The van der Waals surface area contributed by atoms with Gasteiger partial charge in [0.2, 0.25) is 5.95 Å². The highest BCUT2D eigenvalue weighted by molar-refractivity contribution is 8.03. The normalized spacial score (nSPS) is 22.1. The molecule has 0 aromatic carbocycles. The minimum absolute atomic E-state index is 0.0860. The number of piperidine rings is 1. The second-order valence-corrected chi connectivity index (χ2v) is 7.75. The van der Waals surface area contributed by atoms with E-state index in [4.69, 9.17) is 4.98 Å². The van der Waals surface area contributed by atoms with Gasteiger partial charge < -0.3 is 15.2 Å². The Morgan fingerprint density at radius 2 is 2.31 bits per heavy atom. The molecule has 26 heavy (non-hydrogen) atoms. The van der Waals surface area contributed by atoms with Gasteiger partial charge in [0.05, 0.1) is 11.4 Å². The SMILES string of the molecule is Cc1nc(C2CCCN(c3nccc(/C=C4/CNCS4)n3)C2)cc(=O)[nH]1. The van der Waals surface area contributed by atoms with Crippen LogP contribution in [0.4, 0.5) is 5.95 Å². The lowest BCUT2D eigenvalue weighted by atomic mass is 9.94. The van der Waals surface area contributed by atoms with E-state index >= 15 is 0 Å². The number of nitrogens with one attached hydrogen (secondary N) is 2. The molecule has 2 aromatic heterocycles. The van der Waals surface area contributed by atoms with Crippen LogP contribution in [-0.4, -0.2) is 45.4 Å². The van der Waals surface area contributed by atoms with Crippen molar-refractivity contribution in [3.05, 3.63) is 50.8 Å². The molecule has 0 spiro atoms. The van der Waals surface area contributed by atoms with E-state index in [1.165, 1.54) is 4.91 Å². The summed E-state index contributed by atoms with van der Waals surface area (Å²) in [7, 11) is 0. The zero-order valence-corrected chi connectivity index (χ0v) is 15.6. The predicted molar refractivity (Wildman–Crippen MR) is 104 cm³/mol. The Bertz CT molecular complexity index is 872. The van der Waals surface area contributed by atoms with E-state index in [0.29, 0.717) is 5.82 Å². The van der Waals surface area contributed by atoms with Gasteiger partial charge in [-0.25, -0.2) is 15.0 Å². The molecule has 2 aliphatic heterocycles. The molecule has 2 N–H and O–H groups in total. The van der Waals surface area contributed by atoms with Crippen LogP contribution in [0.15, 0.2) is 28.0 Å². The molecule has 8 heteroatoms. The van der Waals surface area contributed by atoms with Crippen molar-refractivity contribution >= 4 is 23.8 Å². The first-order valence-electron chi connectivity index (χ1n) is 8.87. The molecule has 4 rings (SSSR count). The molecule has 2 aromatic rings. The highest BCUT2D eigenvalue weighted by Gasteiger charge is 2.24. The molecule has 1 unspecified atom stereocenters. The molecular weight excluding hydrogens is 348 g/mol. The second kappa shape index (κ2) is 7.59. The summed E-state index contributed by atoms with van der Waals surface area (Å²) in [6, 6.07) is 3.56. The maximum Gasteiger partial charge on any atom is 0.251 e. The predicted octanol–water partition coefficient (Wildman–Crippen LogP) is 1.89. The summed E-state index contributed by atoms with van der Waals surface area (Å²) >= 11 is 1.81. The standard InChI is InChI=1S/C18H22N6OS/c1-12-21-16(8-17(25)22-12)13-3-2-6-24(10-13)18-20-5-4-14(23-18)7-15-9-19-11-26-15/h4-5,7-8,13,19H,2-3,6,9-11H2,1H3,(H,21,22,25)/b15-7-. The highest BCUT2D eigenvalue weighted by Crippen LogP contribution is 2.27. The van der Waals surface area contributed by atoms with Gasteiger partial charge in [-0.05, 0) is 31.9 Å². The van der Waals surface area contributed by atoms with Crippen molar-refractivity contribution in [2.75, 3.05) is 30.4 Å². The fourth-order valence-corrected chi connectivity index (χ4v) is 4.23. The van der Waals surface area contributed by atoms with Crippen molar-refractivity contribution in [3.8, 4) is 0 Å². The van der Waals surface area contributed by atoms with E-state index in [2.05, 4.69) is 31.2 Å². The monoisotopic (exact) mass is 370 g/mol. The fourth-order valence-electron chi connectivity index (χ4n) is 3.43. The number of nitrogens with zero attached hydrogens (tertiary/aromatic N) is 4. The van der Waals surface area contributed by atoms with Crippen LogP contribution in [0.25, 0.3) is 6.08 Å². The fraction of sp³-hybridized carbons (Fsp3) is 0.444. The van der Waals surface area contributed by atoms with Crippen molar-refractivity contribution in [2.24, 2.45) is 0 Å². The largest absolute Gasteiger partial charge is 0.340 e. The first-order valence-corrected chi connectivity index (χ1v) is 9.86. The lowest BCUT2D eigenvalue weighted by Gasteiger charge is -2.32. The third-order valence-corrected chi connectivity index (χ3v) is 5.62. The van der Waals surface area contributed by atoms with Gasteiger partial charge in [0.15, 0.2) is 0 Å². The average Bonchev–Trinajstić information content (AvgIpc) is 3.14. The molecule has 0 saturated carbocycles. The van der Waals surface area contributed by atoms with Gasteiger partial charge in [0, 0.05) is 48.6 Å². The molecule has 0 bridgehead atoms. The molecule has 0 radical (unpaired) electrons. The Labute approximate surface area is 156 Å². The highest BCUT2D eigenvalue weighted by atomic mass is 32.2. The number of hydrogen-bond acceptors (Lipinski definition) is 7. The minimum Gasteiger partial charge on any atom is -0.340 e. The maximum absolute atomic E-state index is 11.8. The van der Waals surface area contributed by atoms with Crippen LogP contribution in [0.1, 0.15) is 36.0 Å². The molecule has 1 atom stereocenters. The molecule has 2 saturated heterocycles. The smallest absolute Gasteiger partial charge is 0.251 e. The Balaban J connectivity index is 1.54. The van der Waals surface area contributed by atoms with Crippen molar-refractivity contribution in [3.63, 3.8) is 0 Å². The van der Waals surface area contributed by atoms with E-state index in [9.17, 15) is 4.79 Å². The summed E-state index contributed by atoms with van der Waals surface area (Å²) < 4.78 is 0. The number of aromatic nitrogens is 4. The Kier molecular flexibility index (Phi) is 5.03. The van der Waals surface area contributed by atoms with Gasteiger partial charge >= 0.3 is 0 Å². The molecule has 4 heterocycles. The molecule has 136 valence electrons. The van der Waals surface area contributed by atoms with Crippen molar-refractivity contribution in [1.82, 2.24) is 25.3 Å². The van der Waals surface area contributed by atoms with Crippen molar-refractivity contribution in [2.45, 2.75) is 25.7 Å². The first kappa shape index (κ1) is 17.2. The zero-order chi connectivity index (χ0) is 17.9. The Morgan fingerprint density at radius 1 is 1.38 bits per heavy atom. The number of rotatable bonds is 3. The Morgan fingerprint density at radius 3 is 3.12 bits per heavy atom. The van der Waals surface area contributed by atoms with E-state index in [1.54, 1.807) is 6.07 Å². The number of aryl methyl sites for hydroxylation is 1. The summed E-state index contributed by atoms with van der Waals surface area (Å²) in [4.78, 5) is 31.7. The van der Waals surface area contributed by atoms with Crippen LogP contribution in [-0.2, 0) is 0 Å². The van der Waals surface area contributed by atoms with Crippen LogP contribution in [0.3, 0.4) is 0 Å². The number of hydrogen-bond donors (Lipinski definition) is 2. The quantitative estimate of drug-likeness (QED) is 0.853. The summed E-state index contributed by atoms with van der Waals surface area (Å²) in [6.07, 6.45) is 6.00. The van der Waals surface area contributed by atoms with Gasteiger partial charge in [-0.2, -0.15) is 0 Å². The molecular formula is C18H22N6OS. The van der Waals surface area contributed by atoms with Gasteiger partial charge in [-0.3, -0.25) is 4.79 Å². The number of H-pyrrole nitrogens is 1. The molecule has 7 nitrogen and oxygen atoms in total. The van der Waals surface area contributed by atoms with E-state index in [1.807, 2.05) is 30.9 Å². The molecule has 2 fully saturated rings. The van der Waals surface area contributed by atoms with Crippen LogP contribution in [0, 0.1) is 6.92 Å². The number of aromatic amines is 1. The lowest BCUT2D eigenvalue weighted by Crippen LogP contribution is -2.36. The number of anilines is 1. The summed E-state index contributed by atoms with van der Waals surface area (Å²) in [5.41, 5.74) is 1.72. The lowest BCUT2D eigenvalue weighted by molar-refractivity contribution is 0.493. The first-order chi connectivity index (χ1) is 12.7. The number of thioether (sulfide) groups is 1. The van der Waals surface area contributed by atoms with Gasteiger partial charge in [0.25, 0.3) is 5.56 Å². The second-order valence-electron chi connectivity index (χ2n) is 6.65. The zero-order valence-electron chi connectivity index (χ0n) is 14.7. The third kappa shape index (κ3) is 3.96. The van der Waals surface area contributed by atoms with E-state index < -0.39 is 0 Å². The summed E-state index contributed by atoms with van der Waals surface area (Å²) in [5.74, 6) is 2.60. The van der Waals surface area contributed by atoms with Gasteiger partial charge in [-0.1, -0.05) is 0 Å². The van der Waals surface area contributed by atoms with Crippen LogP contribution < -0.4 is 15.8 Å². The van der Waals surface area contributed by atoms with Crippen molar-refractivity contribution < 1.29 is 0 Å². The molecule has 2 aliphatic rings. The van der Waals surface area contributed by atoms with E-state index in [-0.39, 0.29) is 11.5 Å². The minimum atomic E-state index is -0.0860. The van der Waals surface area contributed by atoms with E-state index in [0.717, 1.165) is 55.7 Å². The van der Waals surface area contributed by atoms with Crippen molar-refractivity contribution in [1.29, 1.82) is 0 Å². The summed E-state index contributed by atoms with van der Waals surface area (Å²) in [6.45, 7) is 4.44. The molecule has 0 aliphatic carbocycles. The molecule has 0 amide bonds. The van der Waals surface area contributed by atoms with Crippen LogP contribution >= 0.6 is 11.8 Å². The average molecular weight is 370 g/mol. The maximum atomic E-state index is 11.8. The third-order valence-electron chi connectivity index (χ3n) is 4.63. The van der Waals surface area contributed by atoms with Gasteiger partial charge in [0.1, 0.15) is 5.82 Å². The van der Waals surface area contributed by atoms with Crippen LogP contribution in [0.5, 0.6) is 0 Å². The summed E-state index contributed by atoms with van der Waals surface area (Å²) in [5, 5.41) is 3.31. The Hall–Kier alpha value is -2.19.